The zero-order valence-electron chi connectivity index (χ0n) is 14.5. The summed E-state index contributed by atoms with van der Waals surface area (Å²) in [5.74, 6) is 1.01. The van der Waals surface area contributed by atoms with Gasteiger partial charge in [0.05, 0.1) is 18.9 Å². The smallest absolute Gasteiger partial charge is 0.302 e. The highest BCUT2D eigenvalue weighted by atomic mass is 35.5. The van der Waals surface area contributed by atoms with E-state index in [1.807, 2.05) is 6.07 Å². The highest BCUT2D eigenvalue weighted by Gasteiger charge is 2.07. The Balaban J connectivity index is 1.81. The van der Waals surface area contributed by atoms with Gasteiger partial charge >= 0.3 is 5.97 Å². The number of carbonyl (C=O) groups is 1. The van der Waals surface area contributed by atoms with E-state index in [2.05, 4.69) is 15.3 Å². The molecule has 0 spiro atoms. The Labute approximate surface area is 162 Å². The Kier molecular flexibility index (Phi) is 8.44. The summed E-state index contributed by atoms with van der Waals surface area (Å²) in [6.07, 6.45) is 5.13. The molecule has 1 N–H and O–H groups in total. The number of hydrogen-bond acceptors (Lipinski definition) is 6. The maximum absolute atomic E-state index is 10.7. The van der Waals surface area contributed by atoms with Gasteiger partial charge in [-0.15, -0.1) is 0 Å². The molecule has 1 heterocycles. The molecule has 2 rings (SSSR count). The molecule has 0 aliphatic rings. The lowest BCUT2D eigenvalue weighted by Crippen LogP contribution is -2.03. The molecule has 1 aromatic heterocycles. The van der Waals surface area contributed by atoms with Crippen molar-refractivity contribution in [2.45, 2.75) is 32.6 Å². The van der Waals surface area contributed by atoms with Crippen molar-refractivity contribution in [1.29, 1.82) is 0 Å². The molecule has 140 valence electrons. The van der Waals surface area contributed by atoms with Crippen LogP contribution >= 0.6 is 23.2 Å². The number of esters is 1. The lowest BCUT2D eigenvalue weighted by Gasteiger charge is -2.13. The van der Waals surface area contributed by atoms with Crippen LogP contribution in [0.4, 0.5) is 11.5 Å². The van der Waals surface area contributed by atoms with E-state index in [9.17, 15) is 4.79 Å². The number of ether oxygens (including phenoxy) is 2. The number of benzene rings is 1. The van der Waals surface area contributed by atoms with Crippen LogP contribution in [-0.4, -0.2) is 29.2 Å². The summed E-state index contributed by atoms with van der Waals surface area (Å²) in [7, 11) is 0. The lowest BCUT2D eigenvalue weighted by molar-refractivity contribution is -0.141. The van der Waals surface area contributed by atoms with Crippen molar-refractivity contribution in [2.24, 2.45) is 0 Å². The predicted molar refractivity (Wildman–Crippen MR) is 102 cm³/mol. The third kappa shape index (κ3) is 7.45. The van der Waals surface area contributed by atoms with Crippen LogP contribution in [0.25, 0.3) is 0 Å². The Hall–Kier alpha value is -2.05. The summed E-state index contributed by atoms with van der Waals surface area (Å²) in [4.78, 5) is 18.6. The fraction of sp³-hybridized carbons (Fsp3) is 0.389. The predicted octanol–water partition coefficient (Wildman–Crippen LogP) is 5.03. The average Bonchev–Trinajstić information content (AvgIpc) is 2.58. The van der Waals surface area contributed by atoms with Crippen LogP contribution in [0, 0.1) is 0 Å². The van der Waals surface area contributed by atoms with Crippen LogP contribution < -0.4 is 10.1 Å². The number of halogens is 2. The van der Waals surface area contributed by atoms with Gasteiger partial charge in [-0.05, 0) is 43.9 Å². The van der Waals surface area contributed by atoms with Crippen molar-refractivity contribution in [3.63, 3.8) is 0 Å². The van der Waals surface area contributed by atoms with E-state index in [1.54, 1.807) is 18.2 Å². The normalized spacial score (nSPS) is 10.4. The number of carbonyl (C=O) groups excluding carboxylic acids is 1. The van der Waals surface area contributed by atoms with Gasteiger partial charge in [-0.2, -0.15) is 0 Å². The maximum atomic E-state index is 10.7. The second-order valence-corrected chi connectivity index (χ2v) is 6.42. The number of nitrogens with one attached hydrogen (secondary N) is 1. The minimum Gasteiger partial charge on any atom is -0.491 e. The zero-order chi connectivity index (χ0) is 18.8. The molecule has 0 saturated carbocycles. The molecule has 2 aromatic rings. The Morgan fingerprint density at radius 2 is 1.85 bits per heavy atom. The van der Waals surface area contributed by atoms with E-state index in [4.69, 9.17) is 32.7 Å². The second kappa shape index (κ2) is 10.8. The van der Waals surface area contributed by atoms with Crippen LogP contribution in [0.5, 0.6) is 5.75 Å². The van der Waals surface area contributed by atoms with Crippen molar-refractivity contribution in [2.75, 3.05) is 18.5 Å². The van der Waals surface area contributed by atoms with Gasteiger partial charge in [-0.3, -0.25) is 4.79 Å². The lowest BCUT2D eigenvalue weighted by atomic mass is 10.2. The number of anilines is 2. The Morgan fingerprint density at radius 3 is 2.58 bits per heavy atom. The van der Waals surface area contributed by atoms with Crippen LogP contribution in [0.2, 0.25) is 10.2 Å². The van der Waals surface area contributed by atoms with Crippen molar-refractivity contribution in [3.8, 4) is 5.75 Å². The van der Waals surface area contributed by atoms with E-state index in [-0.39, 0.29) is 5.97 Å². The molecule has 8 heteroatoms. The summed E-state index contributed by atoms with van der Waals surface area (Å²) in [6.45, 7) is 2.47. The molecule has 6 nitrogen and oxygen atoms in total. The van der Waals surface area contributed by atoms with Crippen LogP contribution in [-0.2, 0) is 9.53 Å². The molecule has 26 heavy (non-hydrogen) atoms. The van der Waals surface area contributed by atoms with Gasteiger partial charge in [0, 0.05) is 18.0 Å². The standard InChI is InChI=1S/C18H21Cl2N3O3/c1-13(24)25-8-4-2-3-5-9-26-16-7-6-14(19)10-15(16)23-18-11-17(20)21-12-22-18/h6-7,10-12H,2-5,8-9H2,1H3,(H,21,22,23). The van der Waals surface area contributed by atoms with Gasteiger partial charge in [-0.1, -0.05) is 23.2 Å². The summed E-state index contributed by atoms with van der Waals surface area (Å²) in [5, 5.41) is 4.08. The first-order chi connectivity index (χ1) is 12.5. The first-order valence-electron chi connectivity index (χ1n) is 8.35. The number of nitrogens with zero attached hydrogens (tertiary/aromatic N) is 2. The van der Waals surface area contributed by atoms with Gasteiger partial charge < -0.3 is 14.8 Å². The van der Waals surface area contributed by atoms with E-state index in [0.29, 0.717) is 40.6 Å². The monoisotopic (exact) mass is 397 g/mol. The Morgan fingerprint density at radius 1 is 1.08 bits per heavy atom. The summed E-state index contributed by atoms with van der Waals surface area (Å²) in [5.41, 5.74) is 0.710. The van der Waals surface area contributed by atoms with E-state index >= 15 is 0 Å². The first kappa shape index (κ1) is 20.3. The minimum absolute atomic E-state index is 0.235. The number of aromatic nitrogens is 2. The summed E-state index contributed by atoms with van der Waals surface area (Å²) >= 11 is 12.0. The molecular weight excluding hydrogens is 377 g/mol. The molecule has 0 unspecified atom stereocenters. The molecule has 0 radical (unpaired) electrons. The molecular formula is C18H21Cl2N3O3. The largest absolute Gasteiger partial charge is 0.491 e. The van der Waals surface area contributed by atoms with Crippen molar-refractivity contribution < 1.29 is 14.3 Å². The molecule has 1 aromatic carbocycles. The van der Waals surface area contributed by atoms with Crippen molar-refractivity contribution in [3.05, 3.63) is 40.8 Å². The third-order valence-electron chi connectivity index (χ3n) is 3.44. The fourth-order valence-electron chi connectivity index (χ4n) is 2.22. The highest BCUT2D eigenvalue weighted by molar-refractivity contribution is 6.31. The molecule has 0 atom stereocenters. The third-order valence-corrected chi connectivity index (χ3v) is 3.88. The van der Waals surface area contributed by atoms with Gasteiger partial charge in [-0.25, -0.2) is 9.97 Å². The molecule has 0 aliphatic heterocycles. The van der Waals surface area contributed by atoms with Crippen LogP contribution in [0.1, 0.15) is 32.6 Å². The second-order valence-electron chi connectivity index (χ2n) is 5.59. The minimum atomic E-state index is -0.235. The number of rotatable bonds is 10. The average molecular weight is 398 g/mol. The highest BCUT2D eigenvalue weighted by Crippen LogP contribution is 2.30. The number of hydrogen-bond donors (Lipinski definition) is 1. The Bertz CT molecular complexity index is 729. The van der Waals surface area contributed by atoms with Gasteiger partial charge in [0.25, 0.3) is 0 Å². The molecule has 0 bridgehead atoms. The summed E-state index contributed by atoms with van der Waals surface area (Å²) < 4.78 is 10.8. The number of unbranched alkanes of at least 4 members (excludes halogenated alkanes) is 3. The molecule has 0 fully saturated rings. The van der Waals surface area contributed by atoms with Crippen LogP contribution in [0.15, 0.2) is 30.6 Å². The van der Waals surface area contributed by atoms with Gasteiger partial charge in [0.2, 0.25) is 0 Å². The van der Waals surface area contributed by atoms with Crippen molar-refractivity contribution >= 4 is 40.7 Å². The zero-order valence-corrected chi connectivity index (χ0v) is 16.0. The fourth-order valence-corrected chi connectivity index (χ4v) is 2.54. The first-order valence-corrected chi connectivity index (χ1v) is 9.10. The van der Waals surface area contributed by atoms with E-state index in [0.717, 1.165) is 25.7 Å². The maximum Gasteiger partial charge on any atom is 0.302 e. The summed E-state index contributed by atoms with van der Waals surface area (Å²) in [6, 6.07) is 6.98. The quantitative estimate of drug-likeness (QED) is 0.344. The van der Waals surface area contributed by atoms with Crippen LogP contribution in [0.3, 0.4) is 0 Å². The van der Waals surface area contributed by atoms with Gasteiger partial charge in [0.15, 0.2) is 0 Å². The molecule has 0 amide bonds. The molecule has 0 saturated heterocycles. The topological polar surface area (TPSA) is 73.3 Å². The van der Waals surface area contributed by atoms with E-state index in [1.165, 1.54) is 13.3 Å². The molecule has 0 aliphatic carbocycles. The van der Waals surface area contributed by atoms with Gasteiger partial charge in [0.1, 0.15) is 23.0 Å². The SMILES string of the molecule is CC(=O)OCCCCCCOc1ccc(Cl)cc1Nc1cc(Cl)ncn1. The van der Waals surface area contributed by atoms with E-state index < -0.39 is 0 Å². The van der Waals surface area contributed by atoms with Crippen molar-refractivity contribution in [1.82, 2.24) is 9.97 Å².